The molecule has 1 aliphatic heterocycles. The van der Waals surface area contributed by atoms with Gasteiger partial charge in [-0.25, -0.2) is 0 Å². The minimum atomic E-state index is -0.519. The molecule has 3 unspecified atom stereocenters. The molecule has 2 aromatic rings. The van der Waals surface area contributed by atoms with Gasteiger partial charge in [0.25, 0.3) is 5.91 Å². The number of ether oxygens (including phenoxy) is 1. The fourth-order valence-corrected chi connectivity index (χ4v) is 4.92. The lowest BCUT2D eigenvalue weighted by Gasteiger charge is -2.33. The van der Waals surface area contributed by atoms with Crippen molar-refractivity contribution in [3.63, 3.8) is 0 Å². The average Bonchev–Trinajstić information content (AvgIpc) is 3.18. The van der Waals surface area contributed by atoms with Crippen molar-refractivity contribution in [1.82, 2.24) is 4.90 Å². The van der Waals surface area contributed by atoms with Crippen LogP contribution in [0.3, 0.4) is 0 Å². The van der Waals surface area contributed by atoms with Crippen LogP contribution in [-0.2, 0) is 4.79 Å². The van der Waals surface area contributed by atoms with E-state index in [1.54, 1.807) is 53.4 Å². The summed E-state index contributed by atoms with van der Waals surface area (Å²) in [5, 5.41) is 12.1. The second kappa shape index (κ2) is 9.40. The van der Waals surface area contributed by atoms with E-state index < -0.39 is 6.04 Å². The second-order valence-electron chi connectivity index (χ2n) is 8.05. The monoisotopic (exact) mass is 437 g/mol. The Hall–Kier alpha value is -3.04. The Labute approximate surface area is 186 Å². The largest absolute Gasteiger partial charge is 0.479 e. The van der Waals surface area contributed by atoms with Crippen molar-refractivity contribution in [3.8, 4) is 11.8 Å². The molecule has 4 rings (SSSR count). The van der Waals surface area contributed by atoms with Gasteiger partial charge in [0.05, 0.1) is 0 Å². The fraction of sp³-hybridized carbons (Fsp3) is 0.375. The van der Waals surface area contributed by atoms with Crippen molar-refractivity contribution in [3.05, 3.63) is 59.1 Å². The number of amides is 2. The van der Waals surface area contributed by atoms with Crippen LogP contribution in [0.2, 0.25) is 5.02 Å². The van der Waals surface area contributed by atoms with Crippen LogP contribution in [0.25, 0.3) is 0 Å². The molecule has 160 valence electrons. The van der Waals surface area contributed by atoms with Crippen LogP contribution in [0.5, 0.6) is 5.75 Å². The number of carbonyl (C=O) groups excluding carboxylic acids is 2. The third kappa shape index (κ3) is 4.67. The molecule has 0 aromatic heterocycles. The summed E-state index contributed by atoms with van der Waals surface area (Å²) in [5.41, 5.74) is 1.13. The van der Waals surface area contributed by atoms with Crippen molar-refractivity contribution in [1.29, 1.82) is 5.26 Å². The lowest BCUT2D eigenvalue weighted by Crippen LogP contribution is -2.47. The van der Waals surface area contributed by atoms with Crippen molar-refractivity contribution < 1.29 is 14.3 Å². The van der Waals surface area contributed by atoms with Crippen LogP contribution >= 0.6 is 11.6 Å². The highest BCUT2D eigenvalue weighted by atomic mass is 35.5. The molecule has 1 heterocycles. The van der Waals surface area contributed by atoms with E-state index in [-0.39, 0.29) is 24.5 Å². The molecule has 0 radical (unpaired) electrons. The third-order valence-electron chi connectivity index (χ3n) is 6.12. The summed E-state index contributed by atoms with van der Waals surface area (Å²) in [6, 6.07) is 15.3. The van der Waals surface area contributed by atoms with Gasteiger partial charge in [0.15, 0.2) is 6.61 Å². The maximum atomic E-state index is 13.4. The molecule has 1 N–H and O–H groups in total. The first-order valence-electron chi connectivity index (χ1n) is 10.6. The van der Waals surface area contributed by atoms with Crippen LogP contribution < -0.4 is 10.1 Å². The summed E-state index contributed by atoms with van der Waals surface area (Å²) in [6.45, 7) is -0.0306. The number of likely N-dealkylation sites (tertiary alicyclic amines) is 1. The molecule has 0 spiro atoms. The Morgan fingerprint density at radius 2 is 1.94 bits per heavy atom. The van der Waals surface area contributed by atoms with Gasteiger partial charge in [0.2, 0.25) is 5.91 Å². The Morgan fingerprint density at radius 3 is 2.68 bits per heavy atom. The third-order valence-corrected chi connectivity index (χ3v) is 6.36. The molecule has 1 saturated carbocycles. The Bertz CT molecular complexity index is 1000. The molecule has 0 bridgehead atoms. The first kappa shape index (κ1) is 21.2. The highest BCUT2D eigenvalue weighted by Gasteiger charge is 2.47. The number of hydrogen-bond donors (Lipinski definition) is 1. The molecular weight excluding hydrogens is 414 g/mol. The summed E-state index contributed by atoms with van der Waals surface area (Å²) >= 11 is 6.11. The number of nitrogens with one attached hydrogen (secondary N) is 1. The van der Waals surface area contributed by atoms with Crippen LogP contribution in [-0.4, -0.2) is 35.4 Å². The first-order chi connectivity index (χ1) is 15.1. The molecule has 2 aromatic carbocycles. The number of benzene rings is 2. The summed E-state index contributed by atoms with van der Waals surface area (Å²) in [6.07, 6.45) is 4.84. The topological polar surface area (TPSA) is 82.4 Å². The number of fused-ring (bicyclic) bond motifs is 1. The SMILES string of the molecule is N#CCOc1ccc(NC(=O)C2CC3CCCCC3N2C(=O)c2cccc(Cl)c2)cc1. The Balaban J connectivity index is 1.53. The molecule has 2 aliphatic rings. The zero-order chi connectivity index (χ0) is 21.8. The number of halogens is 1. The van der Waals surface area contributed by atoms with Gasteiger partial charge in [0.1, 0.15) is 17.9 Å². The maximum absolute atomic E-state index is 13.4. The smallest absolute Gasteiger partial charge is 0.254 e. The van der Waals surface area contributed by atoms with Gasteiger partial charge < -0.3 is 15.0 Å². The van der Waals surface area contributed by atoms with Crippen LogP contribution in [0.15, 0.2) is 48.5 Å². The Kier molecular flexibility index (Phi) is 6.43. The lowest BCUT2D eigenvalue weighted by atomic mass is 9.84. The maximum Gasteiger partial charge on any atom is 0.254 e. The molecule has 3 atom stereocenters. The molecule has 1 aliphatic carbocycles. The molecule has 31 heavy (non-hydrogen) atoms. The lowest BCUT2D eigenvalue weighted by molar-refractivity contribution is -0.120. The van der Waals surface area contributed by atoms with E-state index in [9.17, 15) is 9.59 Å². The van der Waals surface area contributed by atoms with Gasteiger partial charge in [-0.3, -0.25) is 9.59 Å². The summed E-state index contributed by atoms with van der Waals surface area (Å²) in [4.78, 5) is 28.4. The van der Waals surface area contributed by atoms with Gasteiger partial charge in [-0.2, -0.15) is 5.26 Å². The van der Waals surface area contributed by atoms with E-state index in [0.717, 1.165) is 25.7 Å². The normalized spacial score (nSPS) is 22.3. The highest BCUT2D eigenvalue weighted by molar-refractivity contribution is 6.31. The van der Waals surface area contributed by atoms with E-state index in [2.05, 4.69) is 5.32 Å². The summed E-state index contributed by atoms with van der Waals surface area (Å²) in [7, 11) is 0. The number of nitrogens with zero attached hydrogens (tertiary/aromatic N) is 2. The van der Waals surface area contributed by atoms with Crippen LogP contribution in [0.4, 0.5) is 5.69 Å². The molecule has 2 amide bonds. The fourth-order valence-electron chi connectivity index (χ4n) is 4.73. The van der Waals surface area contributed by atoms with Crippen molar-refractivity contribution >= 4 is 29.1 Å². The van der Waals surface area contributed by atoms with Crippen molar-refractivity contribution in [2.75, 3.05) is 11.9 Å². The number of carbonyl (C=O) groups is 2. The molecule has 2 fully saturated rings. The van der Waals surface area contributed by atoms with Crippen LogP contribution in [0, 0.1) is 17.2 Å². The minimum absolute atomic E-state index is 0.0306. The first-order valence-corrected chi connectivity index (χ1v) is 10.9. The predicted molar refractivity (Wildman–Crippen MR) is 118 cm³/mol. The molecular formula is C24H24ClN3O3. The predicted octanol–water partition coefficient (Wildman–Crippen LogP) is 4.65. The summed E-state index contributed by atoms with van der Waals surface area (Å²) < 4.78 is 5.25. The average molecular weight is 438 g/mol. The summed E-state index contributed by atoms with van der Waals surface area (Å²) in [5.74, 6) is 0.575. The van der Waals surface area contributed by atoms with Gasteiger partial charge in [-0.1, -0.05) is 30.5 Å². The molecule has 7 heteroatoms. The zero-order valence-corrected chi connectivity index (χ0v) is 17.8. The molecule has 6 nitrogen and oxygen atoms in total. The van der Waals surface area contributed by atoms with E-state index in [1.807, 2.05) is 6.07 Å². The number of hydrogen-bond acceptors (Lipinski definition) is 4. The van der Waals surface area contributed by atoms with E-state index in [0.29, 0.717) is 34.4 Å². The second-order valence-corrected chi connectivity index (χ2v) is 8.48. The standard InChI is InChI=1S/C24H24ClN3O3/c25-18-6-3-5-17(14-18)24(30)28-21-7-2-1-4-16(21)15-22(28)23(29)27-19-8-10-20(11-9-19)31-13-12-26/h3,5-6,8-11,14,16,21-22H,1-2,4,7,13,15H2,(H,27,29). The van der Waals surface area contributed by atoms with E-state index >= 15 is 0 Å². The van der Waals surface area contributed by atoms with E-state index in [1.165, 1.54) is 0 Å². The zero-order valence-electron chi connectivity index (χ0n) is 17.1. The van der Waals surface area contributed by atoms with Gasteiger partial charge in [-0.05, 0) is 67.6 Å². The number of nitriles is 1. The van der Waals surface area contributed by atoms with Crippen molar-refractivity contribution in [2.45, 2.75) is 44.2 Å². The van der Waals surface area contributed by atoms with Crippen molar-refractivity contribution in [2.24, 2.45) is 5.92 Å². The number of rotatable bonds is 5. The number of anilines is 1. The van der Waals surface area contributed by atoms with Gasteiger partial charge in [-0.15, -0.1) is 0 Å². The quantitative estimate of drug-likeness (QED) is 0.737. The minimum Gasteiger partial charge on any atom is -0.479 e. The highest BCUT2D eigenvalue weighted by Crippen LogP contribution is 2.41. The molecule has 1 saturated heterocycles. The van der Waals surface area contributed by atoms with Gasteiger partial charge in [0, 0.05) is 22.3 Å². The van der Waals surface area contributed by atoms with E-state index in [4.69, 9.17) is 21.6 Å². The Morgan fingerprint density at radius 1 is 1.16 bits per heavy atom. The van der Waals surface area contributed by atoms with Crippen LogP contribution in [0.1, 0.15) is 42.5 Å². The van der Waals surface area contributed by atoms with Gasteiger partial charge >= 0.3 is 0 Å².